The third-order valence-electron chi connectivity index (χ3n) is 5.73. The van der Waals surface area contributed by atoms with Crippen LogP contribution in [0, 0.1) is 0 Å². The summed E-state index contributed by atoms with van der Waals surface area (Å²) in [5.74, 6) is 0.576. The van der Waals surface area contributed by atoms with Crippen molar-refractivity contribution in [3.8, 4) is 11.5 Å². The molecule has 3 rings (SSSR count). The molecule has 0 saturated heterocycles. The van der Waals surface area contributed by atoms with E-state index in [9.17, 15) is 9.59 Å². The number of carbonyl (C=O) groups excluding carboxylic acids is 1. The van der Waals surface area contributed by atoms with Crippen LogP contribution in [0.15, 0.2) is 57.7 Å². The minimum Gasteiger partial charge on any atom is -0.493 e. The van der Waals surface area contributed by atoms with Crippen molar-refractivity contribution in [3.63, 3.8) is 0 Å². The Morgan fingerprint density at radius 3 is 2.42 bits per heavy atom. The number of hydrogen-bond acceptors (Lipinski definition) is 6. The Labute approximate surface area is 195 Å². The van der Waals surface area contributed by atoms with Crippen LogP contribution in [-0.2, 0) is 4.79 Å². The van der Waals surface area contributed by atoms with Gasteiger partial charge in [-0.25, -0.2) is 4.79 Å². The van der Waals surface area contributed by atoms with E-state index in [4.69, 9.17) is 13.9 Å². The standard InChI is InChI=1S/C27H33NO5/c1-4-5-6-7-8-9-10-15-26(29)33-25-18-20(16-17-24(25)31-3)28(2)22-19-27(30)32-23-14-12-11-13-21(22)23/h11-14,16-19H,4-10,15H2,1-3H3. The van der Waals surface area contributed by atoms with E-state index >= 15 is 0 Å². The molecule has 33 heavy (non-hydrogen) atoms. The molecule has 0 amide bonds. The van der Waals surface area contributed by atoms with Gasteiger partial charge in [-0.05, 0) is 30.7 Å². The molecule has 2 aromatic carbocycles. The predicted molar refractivity (Wildman–Crippen MR) is 132 cm³/mol. The lowest BCUT2D eigenvalue weighted by Crippen LogP contribution is -2.14. The van der Waals surface area contributed by atoms with Crippen molar-refractivity contribution < 1.29 is 18.7 Å². The maximum Gasteiger partial charge on any atom is 0.338 e. The molecule has 0 bridgehead atoms. The molecule has 0 aliphatic heterocycles. The first kappa shape index (κ1) is 24.4. The number of esters is 1. The molecular formula is C27H33NO5. The fourth-order valence-corrected chi connectivity index (χ4v) is 3.86. The smallest absolute Gasteiger partial charge is 0.338 e. The molecule has 0 spiro atoms. The van der Waals surface area contributed by atoms with Crippen LogP contribution in [0.25, 0.3) is 11.0 Å². The molecule has 0 fully saturated rings. The maximum atomic E-state index is 12.4. The van der Waals surface area contributed by atoms with Crippen LogP contribution in [0.3, 0.4) is 0 Å². The van der Waals surface area contributed by atoms with Gasteiger partial charge in [0.2, 0.25) is 0 Å². The van der Waals surface area contributed by atoms with Gasteiger partial charge in [0.1, 0.15) is 5.58 Å². The highest BCUT2D eigenvalue weighted by atomic mass is 16.6. The van der Waals surface area contributed by atoms with Gasteiger partial charge < -0.3 is 18.8 Å². The van der Waals surface area contributed by atoms with Gasteiger partial charge >= 0.3 is 11.6 Å². The van der Waals surface area contributed by atoms with Gasteiger partial charge in [-0.2, -0.15) is 0 Å². The molecule has 6 heteroatoms. The fourth-order valence-electron chi connectivity index (χ4n) is 3.86. The molecule has 1 aromatic heterocycles. The van der Waals surface area contributed by atoms with Gasteiger partial charge in [-0.3, -0.25) is 4.79 Å². The van der Waals surface area contributed by atoms with E-state index in [1.807, 2.05) is 36.2 Å². The van der Waals surface area contributed by atoms with Gasteiger partial charge in [0.25, 0.3) is 0 Å². The van der Waals surface area contributed by atoms with E-state index in [0.29, 0.717) is 29.2 Å². The third kappa shape index (κ3) is 6.60. The molecule has 0 saturated carbocycles. The summed E-state index contributed by atoms with van der Waals surface area (Å²) in [7, 11) is 3.40. The topological polar surface area (TPSA) is 69.0 Å². The molecule has 0 radical (unpaired) electrons. The van der Waals surface area contributed by atoms with Crippen LogP contribution in [0.1, 0.15) is 58.3 Å². The summed E-state index contributed by atoms with van der Waals surface area (Å²) >= 11 is 0. The van der Waals surface area contributed by atoms with Crippen LogP contribution in [0.2, 0.25) is 0 Å². The highest BCUT2D eigenvalue weighted by Gasteiger charge is 2.16. The predicted octanol–water partition coefficient (Wildman–Crippen LogP) is 6.62. The molecule has 6 nitrogen and oxygen atoms in total. The average molecular weight is 452 g/mol. The Hall–Kier alpha value is -3.28. The normalized spacial score (nSPS) is 10.9. The number of ether oxygens (including phenoxy) is 2. The second-order valence-electron chi connectivity index (χ2n) is 8.19. The molecule has 176 valence electrons. The van der Waals surface area contributed by atoms with Crippen molar-refractivity contribution in [1.29, 1.82) is 0 Å². The number of methoxy groups -OCH3 is 1. The molecule has 0 N–H and O–H groups in total. The van der Waals surface area contributed by atoms with Gasteiger partial charge in [0, 0.05) is 36.7 Å². The monoisotopic (exact) mass is 451 g/mol. The van der Waals surface area contributed by atoms with Crippen LogP contribution < -0.4 is 20.0 Å². The zero-order valence-corrected chi connectivity index (χ0v) is 19.8. The summed E-state index contributed by atoms with van der Waals surface area (Å²) in [6.45, 7) is 2.20. The molecule has 0 aliphatic rings. The lowest BCUT2D eigenvalue weighted by Gasteiger charge is -2.22. The Morgan fingerprint density at radius 2 is 1.67 bits per heavy atom. The lowest BCUT2D eigenvalue weighted by molar-refractivity contribution is -0.134. The zero-order chi connectivity index (χ0) is 23.6. The number of carbonyl (C=O) groups is 1. The summed E-state index contributed by atoms with van der Waals surface area (Å²) in [6.07, 6.45) is 8.36. The van der Waals surface area contributed by atoms with E-state index < -0.39 is 5.63 Å². The summed E-state index contributed by atoms with van der Waals surface area (Å²) < 4.78 is 16.3. The van der Waals surface area contributed by atoms with Crippen LogP contribution in [0.5, 0.6) is 11.5 Å². The first-order valence-corrected chi connectivity index (χ1v) is 11.7. The molecule has 1 heterocycles. The Bertz CT molecular complexity index is 1120. The maximum absolute atomic E-state index is 12.4. The van der Waals surface area contributed by atoms with Gasteiger partial charge in [0.15, 0.2) is 11.5 Å². The van der Waals surface area contributed by atoms with Gasteiger partial charge in [0.05, 0.1) is 12.8 Å². The summed E-state index contributed by atoms with van der Waals surface area (Å²) in [5.41, 5.74) is 1.55. The minimum atomic E-state index is -0.426. The first-order valence-electron chi connectivity index (χ1n) is 11.7. The van der Waals surface area contributed by atoms with E-state index in [1.54, 1.807) is 25.3 Å². The number of para-hydroxylation sites is 1. The highest BCUT2D eigenvalue weighted by Crippen LogP contribution is 2.36. The number of fused-ring (bicyclic) bond motifs is 1. The number of anilines is 2. The van der Waals surface area contributed by atoms with Crippen molar-refractivity contribution in [2.24, 2.45) is 0 Å². The number of rotatable bonds is 12. The van der Waals surface area contributed by atoms with Gasteiger partial charge in [-0.15, -0.1) is 0 Å². The van der Waals surface area contributed by atoms with Crippen molar-refractivity contribution in [2.75, 3.05) is 19.1 Å². The molecule has 3 aromatic rings. The van der Waals surface area contributed by atoms with E-state index in [0.717, 1.165) is 30.3 Å². The Morgan fingerprint density at radius 1 is 0.939 bits per heavy atom. The summed E-state index contributed by atoms with van der Waals surface area (Å²) in [5, 5.41) is 0.813. The molecule has 0 aliphatic carbocycles. The second kappa shape index (κ2) is 12.1. The number of nitrogens with zero attached hydrogens (tertiary/aromatic N) is 1. The van der Waals surface area contributed by atoms with E-state index in [2.05, 4.69) is 6.92 Å². The number of unbranched alkanes of at least 4 members (excludes halogenated alkanes) is 6. The van der Waals surface area contributed by atoms with Crippen LogP contribution >= 0.6 is 0 Å². The van der Waals surface area contributed by atoms with Crippen molar-refractivity contribution in [3.05, 3.63) is 59.0 Å². The quantitative estimate of drug-likeness (QED) is 0.133. The molecule has 0 unspecified atom stereocenters. The SMILES string of the molecule is CCCCCCCCCC(=O)Oc1cc(N(C)c2cc(=O)oc3ccccc23)ccc1OC. The average Bonchev–Trinajstić information content (AvgIpc) is 2.82. The van der Waals surface area contributed by atoms with Crippen molar-refractivity contribution in [2.45, 2.75) is 58.3 Å². The lowest BCUT2D eigenvalue weighted by atomic mass is 10.1. The minimum absolute atomic E-state index is 0.271. The zero-order valence-electron chi connectivity index (χ0n) is 19.8. The Balaban J connectivity index is 1.71. The summed E-state index contributed by atoms with van der Waals surface area (Å²) in [4.78, 5) is 26.4. The Kier molecular flexibility index (Phi) is 8.93. The fraction of sp³-hybridized carbons (Fsp3) is 0.407. The van der Waals surface area contributed by atoms with Crippen LogP contribution in [-0.4, -0.2) is 20.1 Å². The van der Waals surface area contributed by atoms with Crippen molar-refractivity contribution in [1.82, 2.24) is 0 Å². The second-order valence-corrected chi connectivity index (χ2v) is 8.19. The van der Waals surface area contributed by atoms with Gasteiger partial charge in [-0.1, -0.05) is 57.6 Å². The molecular weight excluding hydrogens is 418 g/mol. The largest absolute Gasteiger partial charge is 0.493 e. The van der Waals surface area contributed by atoms with Crippen molar-refractivity contribution >= 4 is 28.3 Å². The number of hydrogen-bond donors (Lipinski definition) is 0. The van der Waals surface area contributed by atoms with E-state index in [-0.39, 0.29) is 5.97 Å². The first-order chi connectivity index (χ1) is 16.0. The molecule has 0 atom stereocenters. The van der Waals surface area contributed by atoms with E-state index in [1.165, 1.54) is 31.7 Å². The highest BCUT2D eigenvalue weighted by molar-refractivity contribution is 5.92. The van der Waals surface area contributed by atoms with Crippen LogP contribution in [0.4, 0.5) is 11.4 Å². The summed E-state index contributed by atoms with van der Waals surface area (Å²) in [6, 6.07) is 14.2. The third-order valence-corrected chi connectivity index (χ3v) is 5.73. The number of benzene rings is 2.